The highest BCUT2D eigenvalue weighted by atomic mass is 15.4. The lowest BCUT2D eigenvalue weighted by Gasteiger charge is -2.37. The van der Waals surface area contributed by atoms with Gasteiger partial charge in [0.05, 0.1) is 0 Å². The van der Waals surface area contributed by atoms with Gasteiger partial charge in [-0.1, -0.05) is 18.2 Å². The highest BCUT2D eigenvalue weighted by molar-refractivity contribution is 5.80. The van der Waals surface area contributed by atoms with E-state index in [0.717, 1.165) is 50.9 Å². The summed E-state index contributed by atoms with van der Waals surface area (Å²) < 4.78 is 0. The third kappa shape index (κ3) is 5.12. The molecule has 0 saturated carbocycles. The van der Waals surface area contributed by atoms with Crippen molar-refractivity contribution in [1.29, 1.82) is 0 Å². The Labute approximate surface area is 162 Å². The molecule has 1 aromatic carbocycles. The summed E-state index contributed by atoms with van der Waals surface area (Å²) in [6.45, 7) is 4.71. The number of hydrogen-bond acceptors (Lipinski definition) is 4. The Bertz CT molecular complexity index is 718. The largest absolute Gasteiger partial charge is 0.378 e. The maximum absolute atomic E-state index is 4.47. The van der Waals surface area contributed by atoms with Crippen LogP contribution in [0.15, 0.2) is 53.7 Å². The number of benzene rings is 1. The fraction of sp³-hybridized carbons (Fsp3) is 0.429. The Balaban J connectivity index is 1.46. The van der Waals surface area contributed by atoms with Crippen molar-refractivity contribution in [3.8, 4) is 0 Å². The van der Waals surface area contributed by atoms with E-state index < -0.39 is 0 Å². The van der Waals surface area contributed by atoms with Crippen LogP contribution in [0, 0.1) is 0 Å². The number of guanidine groups is 1. The molecule has 1 aromatic heterocycles. The number of piperazine rings is 1. The van der Waals surface area contributed by atoms with Crippen LogP contribution in [0.5, 0.6) is 0 Å². The molecule has 0 aliphatic carbocycles. The van der Waals surface area contributed by atoms with Crippen molar-refractivity contribution in [2.75, 3.05) is 63.7 Å². The van der Waals surface area contributed by atoms with Gasteiger partial charge in [-0.05, 0) is 36.2 Å². The zero-order chi connectivity index (χ0) is 19.1. The van der Waals surface area contributed by atoms with Gasteiger partial charge in [-0.2, -0.15) is 0 Å². The van der Waals surface area contributed by atoms with Crippen LogP contribution in [0.25, 0.3) is 0 Å². The second-order valence-electron chi connectivity index (χ2n) is 6.95. The van der Waals surface area contributed by atoms with Crippen LogP contribution in [0.4, 0.5) is 11.5 Å². The first-order valence-corrected chi connectivity index (χ1v) is 9.55. The van der Waals surface area contributed by atoms with E-state index in [1.165, 1.54) is 11.3 Å². The smallest absolute Gasteiger partial charge is 0.193 e. The minimum absolute atomic E-state index is 0.883. The molecule has 3 rings (SSSR count). The van der Waals surface area contributed by atoms with Gasteiger partial charge < -0.3 is 20.0 Å². The van der Waals surface area contributed by atoms with E-state index in [2.05, 4.69) is 74.4 Å². The molecule has 2 heterocycles. The van der Waals surface area contributed by atoms with E-state index in [4.69, 9.17) is 0 Å². The van der Waals surface area contributed by atoms with E-state index in [1.54, 1.807) is 0 Å². The maximum Gasteiger partial charge on any atom is 0.193 e. The third-order valence-electron chi connectivity index (χ3n) is 4.91. The van der Waals surface area contributed by atoms with Crippen LogP contribution in [-0.4, -0.2) is 69.7 Å². The van der Waals surface area contributed by atoms with E-state index in [0.29, 0.717) is 0 Å². The molecule has 1 N–H and O–H groups in total. The van der Waals surface area contributed by atoms with Gasteiger partial charge in [-0.15, -0.1) is 0 Å². The summed E-state index contributed by atoms with van der Waals surface area (Å²) in [5.74, 6) is 2.04. The molecular formula is C21H30N6. The number of anilines is 2. The summed E-state index contributed by atoms with van der Waals surface area (Å²) in [6, 6.07) is 14.8. The number of hydrogen-bond donors (Lipinski definition) is 1. The number of aromatic nitrogens is 1. The Morgan fingerprint density at radius 3 is 2.41 bits per heavy atom. The zero-order valence-electron chi connectivity index (χ0n) is 16.6. The van der Waals surface area contributed by atoms with Gasteiger partial charge >= 0.3 is 0 Å². The number of rotatable bonds is 5. The van der Waals surface area contributed by atoms with Gasteiger partial charge in [0.2, 0.25) is 0 Å². The number of nitrogens with zero attached hydrogens (tertiary/aromatic N) is 5. The molecule has 0 radical (unpaired) electrons. The van der Waals surface area contributed by atoms with Gasteiger partial charge in [-0.25, -0.2) is 4.98 Å². The van der Waals surface area contributed by atoms with Crippen molar-refractivity contribution in [1.82, 2.24) is 15.2 Å². The average molecular weight is 367 g/mol. The quantitative estimate of drug-likeness (QED) is 0.649. The number of nitrogens with one attached hydrogen (secondary N) is 1. The minimum atomic E-state index is 0.883. The van der Waals surface area contributed by atoms with Gasteiger partial charge in [0.15, 0.2) is 5.96 Å². The summed E-state index contributed by atoms with van der Waals surface area (Å²) in [5.41, 5.74) is 2.57. The summed E-state index contributed by atoms with van der Waals surface area (Å²) in [5, 5.41) is 3.51. The predicted molar refractivity (Wildman–Crippen MR) is 114 cm³/mol. The molecule has 1 aliphatic heterocycles. The molecule has 27 heavy (non-hydrogen) atoms. The molecule has 0 bridgehead atoms. The maximum atomic E-state index is 4.47. The first kappa shape index (κ1) is 19.0. The number of pyridine rings is 1. The van der Waals surface area contributed by atoms with Crippen LogP contribution < -0.4 is 15.1 Å². The number of aliphatic imine (C=N–C) groups is 1. The Morgan fingerprint density at radius 1 is 1.07 bits per heavy atom. The summed E-state index contributed by atoms with van der Waals surface area (Å²) in [6.07, 6.45) is 2.84. The SMILES string of the molecule is CN=C(NCCc1ccc(N(C)C)cc1)N1CCN(c2ccccn2)CC1. The highest BCUT2D eigenvalue weighted by Crippen LogP contribution is 2.13. The second kappa shape index (κ2) is 9.26. The fourth-order valence-electron chi connectivity index (χ4n) is 3.30. The molecule has 0 spiro atoms. The van der Waals surface area contributed by atoms with Crippen LogP contribution in [0.3, 0.4) is 0 Å². The molecule has 1 saturated heterocycles. The molecule has 0 amide bonds. The summed E-state index contributed by atoms with van der Waals surface area (Å²) in [4.78, 5) is 15.7. The fourth-order valence-corrected chi connectivity index (χ4v) is 3.30. The molecule has 2 aromatic rings. The molecule has 6 heteroatoms. The predicted octanol–water partition coefficient (Wildman–Crippen LogP) is 2.09. The molecular weight excluding hydrogens is 336 g/mol. The van der Waals surface area contributed by atoms with E-state index >= 15 is 0 Å². The van der Waals surface area contributed by atoms with Crippen molar-refractivity contribution in [3.63, 3.8) is 0 Å². The molecule has 0 unspecified atom stereocenters. The lowest BCUT2D eigenvalue weighted by molar-refractivity contribution is 0.372. The second-order valence-corrected chi connectivity index (χ2v) is 6.95. The zero-order valence-corrected chi connectivity index (χ0v) is 16.6. The van der Waals surface area contributed by atoms with Crippen molar-refractivity contribution in [3.05, 3.63) is 54.2 Å². The van der Waals surface area contributed by atoms with Crippen LogP contribution in [0.1, 0.15) is 5.56 Å². The molecule has 1 aliphatic rings. The Kier molecular flexibility index (Phi) is 6.52. The van der Waals surface area contributed by atoms with E-state index in [1.807, 2.05) is 25.4 Å². The normalized spacial score (nSPS) is 15.0. The van der Waals surface area contributed by atoms with Crippen LogP contribution >= 0.6 is 0 Å². The van der Waals surface area contributed by atoms with Crippen molar-refractivity contribution >= 4 is 17.5 Å². The molecule has 6 nitrogen and oxygen atoms in total. The summed E-state index contributed by atoms with van der Waals surface area (Å²) >= 11 is 0. The van der Waals surface area contributed by atoms with Crippen LogP contribution in [-0.2, 0) is 6.42 Å². The van der Waals surface area contributed by atoms with Crippen molar-refractivity contribution in [2.24, 2.45) is 4.99 Å². The Hall–Kier alpha value is -2.76. The van der Waals surface area contributed by atoms with Gasteiger partial charge in [0, 0.05) is 65.8 Å². The third-order valence-corrected chi connectivity index (χ3v) is 4.91. The van der Waals surface area contributed by atoms with Crippen molar-refractivity contribution in [2.45, 2.75) is 6.42 Å². The van der Waals surface area contributed by atoms with Gasteiger partial charge in [0.1, 0.15) is 5.82 Å². The topological polar surface area (TPSA) is 47.0 Å². The lowest BCUT2D eigenvalue weighted by atomic mass is 10.1. The van der Waals surface area contributed by atoms with Gasteiger partial charge in [-0.3, -0.25) is 4.99 Å². The first-order chi connectivity index (χ1) is 13.2. The molecule has 144 valence electrons. The van der Waals surface area contributed by atoms with E-state index in [-0.39, 0.29) is 0 Å². The standard InChI is InChI=1S/C21H30N6/c1-22-21(24-13-11-18-7-9-19(10-8-18)25(2)3)27-16-14-26(15-17-27)20-6-4-5-12-23-20/h4-10,12H,11,13-17H2,1-3H3,(H,22,24). The van der Waals surface area contributed by atoms with Gasteiger partial charge in [0.25, 0.3) is 0 Å². The molecule has 1 fully saturated rings. The monoisotopic (exact) mass is 366 g/mol. The molecule has 0 atom stereocenters. The summed E-state index contributed by atoms with van der Waals surface area (Å²) in [7, 11) is 5.99. The highest BCUT2D eigenvalue weighted by Gasteiger charge is 2.20. The first-order valence-electron chi connectivity index (χ1n) is 9.55. The van der Waals surface area contributed by atoms with E-state index in [9.17, 15) is 0 Å². The van der Waals surface area contributed by atoms with Crippen LogP contribution in [0.2, 0.25) is 0 Å². The average Bonchev–Trinajstić information content (AvgIpc) is 2.72. The Morgan fingerprint density at radius 2 is 1.81 bits per heavy atom. The minimum Gasteiger partial charge on any atom is -0.378 e. The van der Waals surface area contributed by atoms with Crippen molar-refractivity contribution < 1.29 is 0 Å². The lowest BCUT2D eigenvalue weighted by Crippen LogP contribution is -2.53.